The van der Waals surface area contributed by atoms with Crippen molar-refractivity contribution >= 4 is 17.4 Å². The summed E-state index contributed by atoms with van der Waals surface area (Å²) in [4.78, 5) is 11.9. The second-order valence-electron chi connectivity index (χ2n) is 4.12. The van der Waals surface area contributed by atoms with Gasteiger partial charge in [0.25, 0.3) is 0 Å². The highest BCUT2D eigenvalue weighted by atomic mass is 19.1. The molecule has 0 aliphatic rings. The number of hydrogen-bond acceptors (Lipinski definition) is 3. The van der Waals surface area contributed by atoms with E-state index in [-0.39, 0.29) is 18.0 Å². The van der Waals surface area contributed by atoms with Gasteiger partial charge in [-0.1, -0.05) is 5.92 Å². The van der Waals surface area contributed by atoms with Crippen molar-refractivity contribution in [3.63, 3.8) is 0 Å². The van der Waals surface area contributed by atoms with Gasteiger partial charge in [0, 0.05) is 19.3 Å². The van der Waals surface area contributed by atoms with Gasteiger partial charge in [-0.25, -0.2) is 9.18 Å². The number of nitrogens with one attached hydrogen (secondary N) is 2. The van der Waals surface area contributed by atoms with Gasteiger partial charge in [-0.3, -0.25) is 4.68 Å². The second-order valence-corrected chi connectivity index (χ2v) is 4.12. The van der Waals surface area contributed by atoms with E-state index in [1.165, 1.54) is 18.3 Å². The monoisotopic (exact) mass is 288 g/mol. The third-order valence-corrected chi connectivity index (χ3v) is 2.46. The molecule has 0 saturated carbocycles. The number of urea groups is 1. The summed E-state index contributed by atoms with van der Waals surface area (Å²) in [5, 5.41) is 8.98. The summed E-state index contributed by atoms with van der Waals surface area (Å²) >= 11 is 0. The van der Waals surface area contributed by atoms with Crippen LogP contribution in [0.1, 0.15) is 0 Å². The van der Waals surface area contributed by atoms with Gasteiger partial charge in [0.1, 0.15) is 18.2 Å². The van der Waals surface area contributed by atoms with E-state index in [0.29, 0.717) is 5.69 Å². The van der Waals surface area contributed by atoms with E-state index < -0.39 is 11.8 Å². The van der Waals surface area contributed by atoms with Gasteiger partial charge in [-0.2, -0.15) is 5.10 Å². The quantitative estimate of drug-likeness (QED) is 0.848. The maximum Gasteiger partial charge on any atom is 0.323 e. The lowest BCUT2D eigenvalue weighted by atomic mass is 10.3. The van der Waals surface area contributed by atoms with Crippen LogP contribution < -0.4 is 15.4 Å². The van der Waals surface area contributed by atoms with Crippen molar-refractivity contribution in [2.24, 2.45) is 7.05 Å². The van der Waals surface area contributed by atoms with Crippen LogP contribution in [0.3, 0.4) is 0 Å². The first kappa shape index (κ1) is 14.4. The average Bonchev–Trinajstić information content (AvgIpc) is 2.83. The fourth-order valence-corrected chi connectivity index (χ4v) is 1.62. The maximum atomic E-state index is 13.3. The number of amides is 2. The van der Waals surface area contributed by atoms with E-state index in [0.717, 1.165) is 6.07 Å². The Hall–Kier alpha value is -3.01. The van der Waals surface area contributed by atoms with Crippen molar-refractivity contribution in [3.8, 4) is 18.1 Å². The van der Waals surface area contributed by atoms with Crippen LogP contribution in [0.2, 0.25) is 0 Å². The Labute approximate surface area is 120 Å². The van der Waals surface area contributed by atoms with Gasteiger partial charge in [-0.15, -0.1) is 6.42 Å². The normalized spacial score (nSPS) is 9.76. The number of carbonyl (C=O) groups is 1. The lowest BCUT2D eigenvalue weighted by Gasteiger charge is -2.11. The summed E-state index contributed by atoms with van der Waals surface area (Å²) in [6, 6.07) is 3.22. The van der Waals surface area contributed by atoms with E-state index in [9.17, 15) is 9.18 Å². The van der Waals surface area contributed by atoms with Crippen LogP contribution in [0.15, 0.2) is 30.6 Å². The summed E-state index contributed by atoms with van der Waals surface area (Å²) in [5.41, 5.74) is 0.698. The van der Waals surface area contributed by atoms with Gasteiger partial charge in [0.05, 0.1) is 17.6 Å². The number of hydrogen-bond donors (Lipinski definition) is 2. The summed E-state index contributed by atoms with van der Waals surface area (Å²) in [5.74, 6) is 2.09. The first-order chi connectivity index (χ1) is 10.1. The lowest BCUT2D eigenvalue weighted by molar-refractivity contribution is 0.262. The number of nitrogens with zero attached hydrogens (tertiary/aromatic N) is 2. The van der Waals surface area contributed by atoms with Crippen LogP contribution in [-0.2, 0) is 7.05 Å². The minimum atomic E-state index is -0.542. The van der Waals surface area contributed by atoms with Crippen LogP contribution in [-0.4, -0.2) is 22.4 Å². The first-order valence-electron chi connectivity index (χ1n) is 6.01. The predicted octanol–water partition coefficient (Wildman–Crippen LogP) is 2.22. The Bertz CT molecular complexity index is 691. The van der Waals surface area contributed by atoms with Crippen LogP contribution in [0.4, 0.5) is 20.6 Å². The van der Waals surface area contributed by atoms with Gasteiger partial charge in [-0.05, 0) is 12.1 Å². The zero-order valence-corrected chi connectivity index (χ0v) is 11.3. The zero-order valence-electron chi connectivity index (χ0n) is 11.3. The second kappa shape index (κ2) is 6.43. The third kappa shape index (κ3) is 3.98. The highest BCUT2D eigenvalue weighted by Gasteiger charge is 2.10. The number of rotatable bonds is 4. The van der Waals surface area contributed by atoms with Crippen molar-refractivity contribution < 1.29 is 13.9 Å². The number of benzene rings is 1. The molecule has 0 radical (unpaired) electrons. The van der Waals surface area contributed by atoms with Crippen molar-refractivity contribution in [1.29, 1.82) is 0 Å². The van der Waals surface area contributed by atoms with E-state index in [1.807, 2.05) is 0 Å². The van der Waals surface area contributed by atoms with E-state index in [4.69, 9.17) is 11.2 Å². The minimum Gasteiger partial charge on any atom is -0.479 e. The number of carbonyl (C=O) groups excluding carboxylic acids is 1. The lowest BCUT2D eigenvalue weighted by Crippen LogP contribution is -2.19. The van der Waals surface area contributed by atoms with Gasteiger partial charge in [0.15, 0.2) is 0 Å². The molecule has 2 rings (SSSR count). The highest BCUT2D eigenvalue weighted by molar-refractivity contribution is 6.00. The molecule has 2 aromatic rings. The van der Waals surface area contributed by atoms with Crippen molar-refractivity contribution in [3.05, 3.63) is 36.4 Å². The molecular weight excluding hydrogens is 275 g/mol. The summed E-state index contributed by atoms with van der Waals surface area (Å²) in [6.07, 6.45) is 8.22. The molecule has 21 heavy (non-hydrogen) atoms. The van der Waals surface area contributed by atoms with Gasteiger partial charge in [0.2, 0.25) is 0 Å². The molecule has 2 N–H and O–H groups in total. The Balaban J connectivity index is 2.08. The van der Waals surface area contributed by atoms with Crippen LogP contribution in [0.25, 0.3) is 0 Å². The molecule has 0 unspecified atom stereocenters. The molecule has 1 aromatic heterocycles. The fourth-order valence-electron chi connectivity index (χ4n) is 1.62. The van der Waals surface area contributed by atoms with Crippen molar-refractivity contribution in [1.82, 2.24) is 9.78 Å². The number of aryl methyl sites for hydroxylation is 1. The standard InChI is InChI=1S/C14H13FN4O2/c1-3-6-21-13-5-4-10(15)7-12(13)18-14(20)17-11-8-16-19(2)9-11/h1,4-5,7-9H,6H2,2H3,(H2,17,18,20). The van der Waals surface area contributed by atoms with Gasteiger partial charge >= 0.3 is 6.03 Å². The summed E-state index contributed by atoms with van der Waals surface area (Å²) in [6.45, 7) is 0.0184. The van der Waals surface area contributed by atoms with E-state index in [1.54, 1.807) is 17.9 Å². The zero-order chi connectivity index (χ0) is 15.2. The molecule has 0 fully saturated rings. The van der Waals surface area contributed by atoms with Crippen molar-refractivity contribution in [2.75, 3.05) is 17.2 Å². The Morgan fingerprint density at radius 1 is 1.52 bits per heavy atom. The predicted molar refractivity (Wildman–Crippen MR) is 76.6 cm³/mol. The van der Waals surface area contributed by atoms with E-state index >= 15 is 0 Å². The van der Waals surface area contributed by atoms with Gasteiger partial charge < -0.3 is 15.4 Å². The van der Waals surface area contributed by atoms with E-state index in [2.05, 4.69) is 21.7 Å². The Morgan fingerprint density at radius 2 is 2.33 bits per heavy atom. The van der Waals surface area contributed by atoms with Crippen LogP contribution in [0.5, 0.6) is 5.75 Å². The number of halogens is 1. The molecule has 0 atom stereocenters. The number of aromatic nitrogens is 2. The summed E-state index contributed by atoms with van der Waals surface area (Å²) in [7, 11) is 1.72. The molecule has 1 aromatic carbocycles. The number of anilines is 2. The Morgan fingerprint density at radius 3 is 3.00 bits per heavy atom. The molecule has 108 valence electrons. The minimum absolute atomic E-state index is 0.0184. The molecular formula is C14H13FN4O2. The molecule has 0 aliphatic carbocycles. The summed E-state index contributed by atoms with van der Waals surface area (Å²) < 4.78 is 20.0. The van der Waals surface area contributed by atoms with Crippen LogP contribution >= 0.6 is 0 Å². The molecule has 0 spiro atoms. The fraction of sp³-hybridized carbons (Fsp3) is 0.143. The largest absolute Gasteiger partial charge is 0.479 e. The molecule has 1 heterocycles. The molecule has 6 nitrogen and oxygen atoms in total. The molecule has 0 saturated heterocycles. The smallest absolute Gasteiger partial charge is 0.323 e. The average molecular weight is 288 g/mol. The molecule has 7 heteroatoms. The number of terminal acetylenes is 1. The topological polar surface area (TPSA) is 68.2 Å². The molecule has 0 bridgehead atoms. The SMILES string of the molecule is C#CCOc1ccc(F)cc1NC(=O)Nc1cnn(C)c1. The highest BCUT2D eigenvalue weighted by Crippen LogP contribution is 2.25. The van der Waals surface area contributed by atoms with Crippen LogP contribution in [0, 0.1) is 18.2 Å². The number of ether oxygens (including phenoxy) is 1. The van der Waals surface area contributed by atoms with Crippen molar-refractivity contribution in [2.45, 2.75) is 0 Å². The maximum absolute atomic E-state index is 13.3. The Kier molecular flexibility index (Phi) is 4.41. The first-order valence-corrected chi connectivity index (χ1v) is 6.01. The third-order valence-electron chi connectivity index (χ3n) is 2.46. The molecule has 2 amide bonds. The molecule has 0 aliphatic heterocycles.